The van der Waals surface area contributed by atoms with Crippen molar-refractivity contribution in [3.63, 3.8) is 0 Å². The number of ketones is 1. The zero-order valence-corrected chi connectivity index (χ0v) is 13.1. The number of piperidine rings is 2. The number of rotatable bonds is 3. The van der Waals surface area contributed by atoms with E-state index in [1.165, 1.54) is 0 Å². The maximum atomic E-state index is 11.9. The Balaban J connectivity index is 1.64. The maximum absolute atomic E-state index is 11.9. The average molecular weight is 324 g/mol. The Labute approximate surface area is 135 Å². The van der Waals surface area contributed by atoms with Gasteiger partial charge >= 0.3 is 11.9 Å². The molecule has 3 rings (SSSR count). The molecular weight excluding hydrogens is 300 g/mol. The Kier molecular flexibility index (Phi) is 4.68. The van der Waals surface area contributed by atoms with Crippen molar-refractivity contribution in [3.8, 4) is 0 Å². The molecule has 1 saturated carbocycles. The van der Waals surface area contributed by atoms with Crippen LogP contribution < -0.4 is 5.32 Å². The van der Waals surface area contributed by atoms with E-state index in [2.05, 4.69) is 5.32 Å². The van der Waals surface area contributed by atoms with Gasteiger partial charge < -0.3 is 15.5 Å². The zero-order valence-electron chi connectivity index (χ0n) is 13.1. The molecule has 3 N–H and O–H groups in total. The molecule has 0 aromatic carbocycles. The van der Waals surface area contributed by atoms with Crippen LogP contribution in [0.2, 0.25) is 0 Å². The maximum Gasteiger partial charge on any atom is 0.320 e. The third-order valence-electron chi connectivity index (χ3n) is 5.75. The fraction of sp³-hybridized carbons (Fsp3) is 0.812. The SMILES string of the molecule is O=C1C[C@@H](C(=O)O)CN(C2CCC3CNC(C(=O)O)CC3C2)C1. The predicted octanol–water partition coefficient (Wildman–Crippen LogP) is 0.193. The highest BCUT2D eigenvalue weighted by atomic mass is 16.4. The van der Waals surface area contributed by atoms with E-state index in [0.717, 1.165) is 25.8 Å². The molecule has 0 radical (unpaired) electrons. The largest absolute Gasteiger partial charge is 0.481 e. The van der Waals surface area contributed by atoms with Crippen LogP contribution in [0.25, 0.3) is 0 Å². The van der Waals surface area contributed by atoms with Gasteiger partial charge in [-0.05, 0) is 44.1 Å². The third kappa shape index (κ3) is 3.55. The van der Waals surface area contributed by atoms with Crippen molar-refractivity contribution in [1.29, 1.82) is 0 Å². The Morgan fingerprint density at radius 1 is 1.09 bits per heavy atom. The van der Waals surface area contributed by atoms with Gasteiger partial charge in [-0.3, -0.25) is 19.3 Å². The van der Waals surface area contributed by atoms with Gasteiger partial charge in [0.2, 0.25) is 0 Å². The summed E-state index contributed by atoms with van der Waals surface area (Å²) in [7, 11) is 0. The Morgan fingerprint density at radius 2 is 1.87 bits per heavy atom. The van der Waals surface area contributed by atoms with Gasteiger partial charge in [-0.1, -0.05) is 0 Å². The van der Waals surface area contributed by atoms with E-state index in [0.29, 0.717) is 31.3 Å². The van der Waals surface area contributed by atoms with E-state index in [-0.39, 0.29) is 18.2 Å². The van der Waals surface area contributed by atoms with Crippen LogP contribution in [0.4, 0.5) is 0 Å². The summed E-state index contributed by atoms with van der Waals surface area (Å²) in [6.07, 6.45) is 3.60. The summed E-state index contributed by atoms with van der Waals surface area (Å²) < 4.78 is 0. The van der Waals surface area contributed by atoms with Crippen molar-refractivity contribution in [3.05, 3.63) is 0 Å². The summed E-state index contributed by atoms with van der Waals surface area (Å²) in [5.41, 5.74) is 0. The number of carbonyl (C=O) groups excluding carboxylic acids is 1. The minimum Gasteiger partial charge on any atom is -0.481 e. The van der Waals surface area contributed by atoms with Crippen LogP contribution in [-0.2, 0) is 14.4 Å². The van der Waals surface area contributed by atoms with Crippen molar-refractivity contribution in [1.82, 2.24) is 10.2 Å². The lowest BCUT2D eigenvalue weighted by molar-refractivity contribution is -0.148. The highest BCUT2D eigenvalue weighted by molar-refractivity contribution is 5.86. The predicted molar refractivity (Wildman–Crippen MR) is 81.0 cm³/mol. The standard InChI is InChI=1S/C16H24N2O5/c19-13-4-11(15(20)21)7-18(8-13)12-2-1-9-6-17-14(16(22)23)5-10(9)3-12/h9-12,14,17H,1-8H2,(H,20,21)(H,22,23)/t9?,10?,11-,12?,14?/m1/s1. The fourth-order valence-electron chi connectivity index (χ4n) is 4.48. The first-order chi connectivity index (χ1) is 10.9. The first kappa shape index (κ1) is 16.4. The fourth-order valence-corrected chi connectivity index (χ4v) is 4.48. The van der Waals surface area contributed by atoms with E-state index in [4.69, 9.17) is 0 Å². The van der Waals surface area contributed by atoms with Crippen LogP contribution in [0.3, 0.4) is 0 Å². The number of nitrogens with one attached hydrogen (secondary N) is 1. The highest BCUT2D eigenvalue weighted by Gasteiger charge is 2.41. The molecule has 128 valence electrons. The molecule has 3 fully saturated rings. The molecule has 2 aliphatic heterocycles. The average Bonchev–Trinajstić information content (AvgIpc) is 2.53. The van der Waals surface area contributed by atoms with Gasteiger partial charge in [0.15, 0.2) is 0 Å². The smallest absolute Gasteiger partial charge is 0.320 e. The second kappa shape index (κ2) is 6.57. The number of hydrogen-bond acceptors (Lipinski definition) is 5. The van der Waals surface area contributed by atoms with Gasteiger partial charge in [0.05, 0.1) is 12.5 Å². The van der Waals surface area contributed by atoms with Crippen LogP contribution in [0.5, 0.6) is 0 Å². The molecule has 3 aliphatic rings. The second-order valence-corrected chi connectivity index (χ2v) is 7.23. The van der Waals surface area contributed by atoms with E-state index in [1.54, 1.807) is 0 Å². The molecule has 0 aromatic heterocycles. The summed E-state index contributed by atoms with van der Waals surface area (Å²) in [5, 5.41) is 21.5. The highest BCUT2D eigenvalue weighted by Crippen LogP contribution is 2.38. The molecule has 0 bridgehead atoms. The molecule has 7 heteroatoms. The Morgan fingerprint density at radius 3 is 2.57 bits per heavy atom. The number of fused-ring (bicyclic) bond motifs is 1. The number of carboxylic acids is 2. The first-order valence-electron chi connectivity index (χ1n) is 8.38. The topological polar surface area (TPSA) is 107 Å². The molecule has 1 aliphatic carbocycles. The van der Waals surface area contributed by atoms with Crippen molar-refractivity contribution in [2.45, 2.75) is 44.2 Å². The normalized spacial score (nSPS) is 38.8. The summed E-state index contributed by atoms with van der Waals surface area (Å²) in [6.45, 7) is 1.52. The quantitative estimate of drug-likeness (QED) is 0.680. The minimum absolute atomic E-state index is 0.000466. The zero-order chi connectivity index (χ0) is 16.6. The lowest BCUT2D eigenvalue weighted by Gasteiger charge is -2.46. The lowest BCUT2D eigenvalue weighted by atomic mass is 9.71. The number of hydrogen-bond donors (Lipinski definition) is 3. The Bertz CT molecular complexity index is 509. The number of nitrogens with zero attached hydrogens (tertiary/aromatic N) is 1. The molecule has 23 heavy (non-hydrogen) atoms. The third-order valence-corrected chi connectivity index (χ3v) is 5.75. The van der Waals surface area contributed by atoms with Gasteiger partial charge in [0, 0.05) is 19.0 Å². The van der Waals surface area contributed by atoms with Gasteiger partial charge in [0.1, 0.15) is 11.8 Å². The van der Waals surface area contributed by atoms with Crippen molar-refractivity contribution >= 4 is 17.7 Å². The van der Waals surface area contributed by atoms with Crippen LogP contribution in [0.1, 0.15) is 32.1 Å². The van der Waals surface area contributed by atoms with E-state index < -0.39 is 23.9 Å². The number of Topliss-reactive ketones (excluding diaryl/α,β-unsaturated/α-hetero) is 1. The van der Waals surface area contributed by atoms with Crippen molar-refractivity contribution in [2.24, 2.45) is 17.8 Å². The number of carboxylic acid groups (broad SMARTS) is 2. The van der Waals surface area contributed by atoms with E-state index >= 15 is 0 Å². The van der Waals surface area contributed by atoms with E-state index in [9.17, 15) is 24.6 Å². The van der Waals surface area contributed by atoms with Gasteiger partial charge in [-0.2, -0.15) is 0 Å². The molecule has 2 heterocycles. The Hall–Kier alpha value is -1.47. The molecule has 0 spiro atoms. The molecule has 0 amide bonds. The molecule has 0 aromatic rings. The first-order valence-corrected chi connectivity index (χ1v) is 8.38. The van der Waals surface area contributed by atoms with Gasteiger partial charge in [0.25, 0.3) is 0 Å². The number of likely N-dealkylation sites (tertiary alicyclic amines) is 1. The van der Waals surface area contributed by atoms with Crippen LogP contribution in [0.15, 0.2) is 0 Å². The minimum atomic E-state index is -0.899. The van der Waals surface area contributed by atoms with Crippen LogP contribution >= 0.6 is 0 Å². The molecule has 7 nitrogen and oxygen atoms in total. The summed E-state index contributed by atoms with van der Waals surface area (Å²) in [5.74, 6) is -1.46. The molecular formula is C16H24N2O5. The summed E-state index contributed by atoms with van der Waals surface area (Å²) >= 11 is 0. The monoisotopic (exact) mass is 324 g/mol. The van der Waals surface area contributed by atoms with Crippen molar-refractivity contribution < 1.29 is 24.6 Å². The lowest BCUT2D eigenvalue weighted by Crippen LogP contribution is -2.54. The molecule has 2 saturated heterocycles. The number of carbonyl (C=O) groups is 3. The summed E-state index contributed by atoms with van der Waals surface area (Å²) in [6, 6.07) is -0.278. The van der Waals surface area contributed by atoms with Gasteiger partial charge in [-0.25, -0.2) is 0 Å². The number of aliphatic carboxylic acids is 2. The second-order valence-electron chi connectivity index (χ2n) is 7.23. The van der Waals surface area contributed by atoms with Crippen LogP contribution in [0, 0.1) is 17.8 Å². The van der Waals surface area contributed by atoms with E-state index in [1.807, 2.05) is 4.90 Å². The van der Waals surface area contributed by atoms with Crippen LogP contribution in [-0.4, -0.2) is 64.6 Å². The van der Waals surface area contributed by atoms with Gasteiger partial charge in [-0.15, -0.1) is 0 Å². The molecule has 4 unspecified atom stereocenters. The van der Waals surface area contributed by atoms with Crippen molar-refractivity contribution in [2.75, 3.05) is 19.6 Å². The summed E-state index contributed by atoms with van der Waals surface area (Å²) in [4.78, 5) is 36.3. The molecule has 5 atom stereocenters.